The highest BCUT2D eigenvalue weighted by Crippen LogP contribution is 2.44. The molecule has 0 N–H and O–H groups in total. The fourth-order valence-electron chi connectivity index (χ4n) is 2.36. The van der Waals surface area contributed by atoms with E-state index in [2.05, 4.69) is 38.5 Å². The molecule has 1 aromatic rings. The van der Waals surface area contributed by atoms with Gasteiger partial charge < -0.3 is 0 Å². The van der Waals surface area contributed by atoms with Gasteiger partial charge in [0.25, 0.3) is 0 Å². The Balaban J connectivity index is 2.05. The van der Waals surface area contributed by atoms with Gasteiger partial charge in [0.2, 0.25) is 0 Å². The molecule has 84 valence electrons. The molecule has 15 heavy (non-hydrogen) atoms. The van der Waals surface area contributed by atoms with Gasteiger partial charge in [0.15, 0.2) is 0 Å². The molecule has 1 fully saturated rings. The maximum absolute atomic E-state index is 4.32. The number of halogens is 1. The summed E-state index contributed by atoms with van der Waals surface area (Å²) in [6, 6.07) is 0. The van der Waals surface area contributed by atoms with Crippen LogP contribution in [0.2, 0.25) is 0 Å². The fraction of sp³-hybridized carbons (Fsp3) is 0.818. The van der Waals surface area contributed by atoms with Crippen LogP contribution in [0.3, 0.4) is 0 Å². The number of aromatic nitrogens is 2. The molecular formula is C11H17BrN2S. The van der Waals surface area contributed by atoms with E-state index in [0.717, 1.165) is 12.3 Å². The van der Waals surface area contributed by atoms with E-state index in [1.165, 1.54) is 36.7 Å². The van der Waals surface area contributed by atoms with Crippen LogP contribution in [0.4, 0.5) is 0 Å². The molecule has 0 amide bonds. The van der Waals surface area contributed by atoms with Crippen molar-refractivity contribution in [3.05, 3.63) is 11.9 Å². The molecule has 2 nitrogen and oxygen atoms in total. The molecule has 4 heteroatoms. The Kier molecular flexibility index (Phi) is 3.45. The van der Waals surface area contributed by atoms with Crippen LogP contribution < -0.4 is 0 Å². The zero-order chi connectivity index (χ0) is 10.9. The van der Waals surface area contributed by atoms with E-state index in [4.69, 9.17) is 0 Å². The van der Waals surface area contributed by atoms with Gasteiger partial charge in [-0.3, -0.25) is 0 Å². The van der Waals surface area contributed by atoms with E-state index >= 15 is 0 Å². The first-order valence-corrected chi connectivity index (χ1v) is 7.13. The zero-order valence-corrected chi connectivity index (χ0v) is 11.6. The molecule has 0 aliphatic heterocycles. The predicted octanol–water partition coefficient (Wildman–Crippen LogP) is 3.67. The van der Waals surface area contributed by atoms with Gasteiger partial charge in [0.05, 0.1) is 23.6 Å². The van der Waals surface area contributed by atoms with Crippen molar-refractivity contribution in [1.82, 2.24) is 8.75 Å². The van der Waals surface area contributed by atoms with Crippen LogP contribution in [0.25, 0.3) is 0 Å². The summed E-state index contributed by atoms with van der Waals surface area (Å²) < 4.78 is 8.39. The van der Waals surface area contributed by atoms with Gasteiger partial charge in [-0.1, -0.05) is 29.8 Å². The Morgan fingerprint density at radius 3 is 3.07 bits per heavy atom. The maximum atomic E-state index is 4.32. The Morgan fingerprint density at radius 2 is 2.40 bits per heavy atom. The number of rotatable bonds is 2. The third-order valence-electron chi connectivity index (χ3n) is 3.61. The lowest BCUT2D eigenvalue weighted by Crippen LogP contribution is -2.33. The summed E-state index contributed by atoms with van der Waals surface area (Å²) in [6.45, 7) is 4.77. The van der Waals surface area contributed by atoms with Gasteiger partial charge in [-0.05, 0) is 37.0 Å². The van der Waals surface area contributed by atoms with E-state index in [0.29, 0.717) is 10.2 Å². The molecule has 2 unspecified atom stereocenters. The van der Waals surface area contributed by atoms with Crippen LogP contribution in [0, 0.1) is 11.3 Å². The molecule has 0 aromatic carbocycles. The summed E-state index contributed by atoms with van der Waals surface area (Å²) in [5, 5.41) is 0. The normalized spacial score (nSPS) is 30.3. The van der Waals surface area contributed by atoms with Crippen LogP contribution in [0.15, 0.2) is 6.20 Å². The summed E-state index contributed by atoms with van der Waals surface area (Å²) >= 11 is 5.07. The number of hydrogen-bond acceptors (Lipinski definition) is 3. The minimum Gasteiger partial charge on any atom is -0.181 e. The highest BCUT2D eigenvalue weighted by molar-refractivity contribution is 9.09. The van der Waals surface area contributed by atoms with Gasteiger partial charge in [0, 0.05) is 4.83 Å². The highest BCUT2D eigenvalue weighted by atomic mass is 79.9. The van der Waals surface area contributed by atoms with Crippen LogP contribution in [-0.4, -0.2) is 13.6 Å². The van der Waals surface area contributed by atoms with Gasteiger partial charge in [-0.25, -0.2) is 0 Å². The predicted molar refractivity (Wildman–Crippen MR) is 67.5 cm³/mol. The number of hydrogen-bond donors (Lipinski definition) is 0. The summed E-state index contributed by atoms with van der Waals surface area (Å²) in [5.74, 6) is 0.736. The van der Waals surface area contributed by atoms with Crippen molar-refractivity contribution in [2.75, 3.05) is 0 Å². The number of alkyl halides is 1. The van der Waals surface area contributed by atoms with Gasteiger partial charge in [-0.2, -0.15) is 8.75 Å². The highest BCUT2D eigenvalue weighted by Gasteiger charge is 2.35. The summed E-state index contributed by atoms with van der Waals surface area (Å²) in [4.78, 5) is 0.696. The summed E-state index contributed by atoms with van der Waals surface area (Å²) in [7, 11) is 0. The van der Waals surface area contributed by atoms with Crippen molar-refractivity contribution in [1.29, 1.82) is 0 Å². The average molecular weight is 289 g/mol. The summed E-state index contributed by atoms with van der Waals surface area (Å²) in [6.07, 6.45) is 6.89. The molecule has 2 rings (SSSR count). The first-order chi connectivity index (χ1) is 7.08. The first-order valence-electron chi connectivity index (χ1n) is 5.48. The Labute approximate surface area is 104 Å². The van der Waals surface area contributed by atoms with E-state index in [9.17, 15) is 0 Å². The third-order valence-corrected chi connectivity index (χ3v) is 4.96. The molecule has 1 saturated carbocycles. The van der Waals surface area contributed by atoms with Crippen molar-refractivity contribution >= 4 is 27.7 Å². The minimum absolute atomic E-state index is 0.452. The fourth-order valence-corrected chi connectivity index (χ4v) is 3.49. The van der Waals surface area contributed by atoms with Crippen molar-refractivity contribution < 1.29 is 0 Å². The SMILES string of the molecule is CC1(C)CCC(Br)CC1Cc1cnsn1. The zero-order valence-electron chi connectivity index (χ0n) is 9.24. The second-order valence-electron chi connectivity index (χ2n) is 5.16. The molecule has 2 atom stereocenters. The van der Waals surface area contributed by atoms with Gasteiger partial charge in [-0.15, -0.1) is 0 Å². The van der Waals surface area contributed by atoms with Crippen LogP contribution >= 0.6 is 27.7 Å². The topological polar surface area (TPSA) is 25.8 Å². The second-order valence-corrected chi connectivity index (χ2v) is 7.01. The van der Waals surface area contributed by atoms with Crippen molar-refractivity contribution in [2.24, 2.45) is 11.3 Å². The lowest BCUT2D eigenvalue weighted by atomic mass is 9.67. The van der Waals surface area contributed by atoms with Gasteiger partial charge in [0.1, 0.15) is 0 Å². The van der Waals surface area contributed by atoms with Crippen molar-refractivity contribution in [3.63, 3.8) is 0 Å². The lowest BCUT2D eigenvalue weighted by molar-refractivity contribution is 0.142. The third kappa shape index (κ3) is 2.78. The van der Waals surface area contributed by atoms with Gasteiger partial charge >= 0.3 is 0 Å². The Hall–Kier alpha value is 0.0400. The molecule has 1 heterocycles. The molecule has 0 saturated heterocycles. The van der Waals surface area contributed by atoms with E-state index in [1.807, 2.05) is 6.20 Å². The molecule has 0 spiro atoms. The standard InChI is InChI=1S/C11H17BrN2S/c1-11(2)4-3-9(12)5-8(11)6-10-7-13-15-14-10/h7-9H,3-6H2,1-2H3. The molecule has 1 aliphatic rings. The second kappa shape index (κ2) is 4.50. The quantitative estimate of drug-likeness (QED) is 0.776. The molecule has 0 bridgehead atoms. The number of nitrogens with zero attached hydrogens (tertiary/aromatic N) is 2. The minimum atomic E-state index is 0.452. The van der Waals surface area contributed by atoms with E-state index < -0.39 is 0 Å². The van der Waals surface area contributed by atoms with Crippen molar-refractivity contribution in [3.8, 4) is 0 Å². The monoisotopic (exact) mass is 288 g/mol. The summed E-state index contributed by atoms with van der Waals surface area (Å²) in [5.41, 5.74) is 1.62. The molecular weight excluding hydrogens is 272 g/mol. The smallest absolute Gasteiger partial charge is 0.0746 e. The average Bonchev–Trinajstić information content (AvgIpc) is 2.65. The first kappa shape index (κ1) is 11.5. The Morgan fingerprint density at radius 1 is 1.60 bits per heavy atom. The van der Waals surface area contributed by atoms with Crippen LogP contribution in [-0.2, 0) is 6.42 Å². The van der Waals surface area contributed by atoms with Crippen LogP contribution in [0.5, 0.6) is 0 Å². The largest absolute Gasteiger partial charge is 0.181 e. The molecule has 0 radical (unpaired) electrons. The molecule has 1 aromatic heterocycles. The molecule has 1 aliphatic carbocycles. The lowest BCUT2D eigenvalue weighted by Gasteiger charge is -2.40. The van der Waals surface area contributed by atoms with E-state index in [-0.39, 0.29) is 0 Å². The van der Waals surface area contributed by atoms with Crippen LogP contribution in [0.1, 0.15) is 38.8 Å². The Bertz CT molecular complexity index is 310. The van der Waals surface area contributed by atoms with E-state index in [1.54, 1.807) is 0 Å². The maximum Gasteiger partial charge on any atom is 0.0746 e. The van der Waals surface area contributed by atoms with Crippen molar-refractivity contribution in [2.45, 2.75) is 44.4 Å².